The van der Waals surface area contributed by atoms with E-state index < -0.39 is 7.14 Å². The van der Waals surface area contributed by atoms with Crippen LogP contribution >= 0.6 is 7.14 Å². The lowest BCUT2D eigenvalue weighted by Gasteiger charge is -1.89. The fraction of sp³-hybridized carbons (Fsp3) is 1.00. The van der Waals surface area contributed by atoms with Crippen molar-refractivity contribution in [3.8, 4) is 0 Å². The molecule has 0 spiro atoms. The molecule has 0 aliphatic carbocycles. The molecule has 0 radical (unpaired) electrons. The Morgan fingerprint density at radius 1 is 1.15 bits per heavy atom. The third kappa shape index (κ3) is 124. The van der Waals surface area contributed by atoms with Crippen LogP contribution in [0.15, 0.2) is 0 Å². The van der Waals surface area contributed by atoms with E-state index in [0.717, 1.165) is 6.61 Å². The molecule has 0 aromatic carbocycles. The van der Waals surface area contributed by atoms with Gasteiger partial charge in [-0.15, -0.1) is 0 Å². The SMILES string of the molecule is CC.CCCCOC.CP(C)(C)=O. The minimum Gasteiger partial charge on any atom is -0.385 e. The number of unbranched alkanes of at least 4 members (excludes halogenated alkanes) is 1. The molecule has 0 saturated heterocycles. The predicted molar refractivity (Wildman–Crippen MR) is 63.5 cm³/mol. The maximum atomic E-state index is 10.2. The summed E-state index contributed by atoms with van der Waals surface area (Å²) in [5, 5.41) is 0. The third-order valence-corrected chi connectivity index (χ3v) is 0.702. The molecule has 3 heteroatoms. The zero-order valence-electron chi connectivity index (χ0n) is 10.4. The van der Waals surface area contributed by atoms with E-state index in [1.807, 2.05) is 13.8 Å². The molecule has 0 fully saturated rings. The lowest BCUT2D eigenvalue weighted by molar-refractivity contribution is 0.194. The predicted octanol–water partition coefficient (Wildman–Crippen LogP) is 3.70. The zero-order valence-corrected chi connectivity index (χ0v) is 11.3. The van der Waals surface area contributed by atoms with Crippen molar-refractivity contribution in [1.29, 1.82) is 0 Å². The Labute approximate surface area is 84.4 Å². The molecule has 2 nitrogen and oxygen atoms in total. The van der Waals surface area contributed by atoms with Crippen LogP contribution in [0.4, 0.5) is 0 Å². The van der Waals surface area contributed by atoms with Gasteiger partial charge in [0.15, 0.2) is 0 Å². The van der Waals surface area contributed by atoms with Crippen LogP contribution in [0.3, 0.4) is 0 Å². The summed E-state index contributed by atoms with van der Waals surface area (Å²) in [6.45, 7) is 12.3. The van der Waals surface area contributed by atoms with E-state index in [2.05, 4.69) is 6.92 Å². The Morgan fingerprint density at radius 2 is 1.46 bits per heavy atom. The van der Waals surface area contributed by atoms with Gasteiger partial charge in [-0.2, -0.15) is 0 Å². The molecule has 0 atom stereocenters. The van der Waals surface area contributed by atoms with Crippen LogP contribution in [0.5, 0.6) is 0 Å². The Bertz CT molecular complexity index is 95.2. The highest BCUT2D eigenvalue weighted by atomic mass is 31.2. The first-order valence-corrected chi connectivity index (χ1v) is 7.98. The second-order valence-corrected chi connectivity index (χ2v) is 7.01. The summed E-state index contributed by atoms with van der Waals surface area (Å²) < 4.78 is 15.0. The van der Waals surface area contributed by atoms with Gasteiger partial charge < -0.3 is 9.30 Å². The molecule has 84 valence electrons. The molecule has 13 heavy (non-hydrogen) atoms. The Kier molecular flexibility index (Phi) is 21.3. The van der Waals surface area contributed by atoms with E-state index in [1.54, 1.807) is 27.1 Å². The molecule has 0 amide bonds. The standard InChI is InChI=1S/C5H12O.C3H9OP.C2H6/c1-3-4-5-6-2;1-5(2,3)4;1-2/h3-5H2,1-2H3;1-3H3;1-2H3. The first-order valence-electron chi connectivity index (χ1n) is 4.93. The Morgan fingerprint density at radius 3 is 1.54 bits per heavy atom. The van der Waals surface area contributed by atoms with Crippen molar-refractivity contribution in [3.05, 3.63) is 0 Å². The van der Waals surface area contributed by atoms with E-state index in [-0.39, 0.29) is 0 Å². The van der Waals surface area contributed by atoms with Gasteiger partial charge in [-0.3, -0.25) is 0 Å². The Balaban J connectivity index is -0.000000131. The van der Waals surface area contributed by atoms with E-state index in [4.69, 9.17) is 4.74 Å². The highest BCUT2D eigenvalue weighted by molar-refractivity contribution is 7.61. The molecule has 0 aromatic heterocycles. The van der Waals surface area contributed by atoms with Gasteiger partial charge in [0.1, 0.15) is 0 Å². The monoisotopic (exact) mass is 210 g/mol. The summed E-state index contributed by atoms with van der Waals surface area (Å²) in [4.78, 5) is 0. The normalized spacial score (nSPS) is 9.15. The minimum absolute atomic E-state index is 0.913. The molecule has 0 saturated carbocycles. The summed E-state index contributed by atoms with van der Waals surface area (Å²) in [7, 11) is 0.0929. The van der Waals surface area contributed by atoms with Gasteiger partial charge in [0.2, 0.25) is 0 Å². The van der Waals surface area contributed by atoms with Crippen LogP contribution < -0.4 is 0 Å². The average molecular weight is 210 g/mol. The molecular weight excluding hydrogens is 183 g/mol. The van der Waals surface area contributed by atoms with Gasteiger partial charge >= 0.3 is 0 Å². The van der Waals surface area contributed by atoms with Gasteiger partial charge in [-0.1, -0.05) is 27.2 Å². The van der Waals surface area contributed by atoms with Crippen molar-refractivity contribution in [3.63, 3.8) is 0 Å². The second kappa shape index (κ2) is 14.7. The molecule has 0 rings (SSSR count). The number of ether oxygens (including phenoxy) is 1. The van der Waals surface area contributed by atoms with Crippen molar-refractivity contribution in [2.45, 2.75) is 33.6 Å². The lowest BCUT2D eigenvalue weighted by atomic mass is 10.4. The minimum atomic E-state index is -1.64. The van der Waals surface area contributed by atoms with E-state index in [9.17, 15) is 4.57 Å². The smallest absolute Gasteiger partial charge is 0.0790 e. The summed E-state index contributed by atoms with van der Waals surface area (Å²) in [6.07, 6.45) is 2.42. The number of hydrogen-bond donors (Lipinski definition) is 0. The van der Waals surface area contributed by atoms with Gasteiger partial charge in [0.05, 0.1) is 7.14 Å². The van der Waals surface area contributed by atoms with Crippen LogP contribution in [0.1, 0.15) is 33.6 Å². The maximum Gasteiger partial charge on any atom is 0.0790 e. The molecule has 0 aliphatic heterocycles. The van der Waals surface area contributed by atoms with Crippen LogP contribution in [-0.4, -0.2) is 33.7 Å². The van der Waals surface area contributed by atoms with E-state index >= 15 is 0 Å². The number of hydrogen-bond acceptors (Lipinski definition) is 2. The van der Waals surface area contributed by atoms with Gasteiger partial charge in [-0.25, -0.2) is 0 Å². The Hall–Kier alpha value is 0.190. The summed E-state index contributed by atoms with van der Waals surface area (Å²) >= 11 is 0. The molecule has 0 bridgehead atoms. The van der Waals surface area contributed by atoms with Crippen LogP contribution in [0.2, 0.25) is 0 Å². The molecule has 0 N–H and O–H groups in total. The summed E-state index contributed by atoms with van der Waals surface area (Å²) in [5.41, 5.74) is 0. The molecule has 0 heterocycles. The van der Waals surface area contributed by atoms with Crippen LogP contribution in [0, 0.1) is 0 Å². The van der Waals surface area contributed by atoms with Gasteiger partial charge in [0.25, 0.3) is 0 Å². The quantitative estimate of drug-likeness (QED) is 0.524. The van der Waals surface area contributed by atoms with E-state index in [0.29, 0.717) is 0 Å². The highest BCUT2D eigenvalue weighted by Gasteiger charge is 1.89. The summed E-state index contributed by atoms with van der Waals surface area (Å²) in [6, 6.07) is 0. The van der Waals surface area contributed by atoms with Crippen LogP contribution in [0.25, 0.3) is 0 Å². The zero-order chi connectivity index (χ0) is 11.3. The lowest BCUT2D eigenvalue weighted by Crippen LogP contribution is -1.84. The molecule has 0 unspecified atom stereocenters. The van der Waals surface area contributed by atoms with Crippen molar-refractivity contribution >= 4 is 7.14 Å². The fourth-order valence-corrected chi connectivity index (χ4v) is 0.289. The molecule has 0 aliphatic rings. The fourth-order valence-electron chi connectivity index (χ4n) is 0.289. The van der Waals surface area contributed by atoms with Gasteiger partial charge in [-0.05, 0) is 26.4 Å². The number of rotatable bonds is 3. The van der Waals surface area contributed by atoms with E-state index in [1.165, 1.54) is 12.8 Å². The second-order valence-electron chi connectivity index (χ2n) is 3.24. The largest absolute Gasteiger partial charge is 0.385 e. The molecular formula is C10H27O2P. The molecule has 0 aromatic rings. The average Bonchev–Trinajstić information content (AvgIpc) is 2.02. The third-order valence-electron chi connectivity index (χ3n) is 0.702. The topological polar surface area (TPSA) is 26.3 Å². The maximum absolute atomic E-state index is 10.2. The van der Waals surface area contributed by atoms with Crippen molar-refractivity contribution in [2.75, 3.05) is 33.7 Å². The van der Waals surface area contributed by atoms with Gasteiger partial charge in [0, 0.05) is 13.7 Å². The van der Waals surface area contributed by atoms with Crippen molar-refractivity contribution in [2.24, 2.45) is 0 Å². The number of methoxy groups -OCH3 is 1. The highest BCUT2D eigenvalue weighted by Crippen LogP contribution is 2.28. The first-order chi connectivity index (χ1) is 5.91. The van der Waals surface area contributed by atoms with Crippen molar-refractivity contribution < 1.29 is 9.30 Å². The van der Waals surface area contributed by atoms with Crippen LogP contribution in [-0.2, 0) is 9.30 Å². The summed E-state index contributed by atoms with van der Waals surface area (Å²) in [5.74, 6) is 0. The van der Waals surface area contributed by atoms with Crippen molar-refractivity contribution in [1.82, 2.24) is 0 Å². The first kappa shape index (κ1) is 18.9.